The molecular formula is C34H28N6+2. The van der Waals surface area contributed by atoms with Gasteiger partial charge < -0.3 is 0 Å². The second-order valence-electron chi connectivity index (χ2n) is 9.84. The molecule has 0 N–H and O–H groups in total. The Hall–Kier alpha value is -5.10. The van der Waals surface area contributed by atoms with E-state index < -0.39 is 0 Å². The smallest absolute Gasteiger partial charge is 0.215 e. The van der Waals surface area contributed by atoms with Gasteiger partial charge in [-0.2, -0.15) is 9.13 Å². The van der Waals surface area contributed by atoms with Crippen molar-refractivity contribution in [3.63, 3.8) is 0 Å². The van der Waals surface area contributed by atoms with Crippen molar-refractivity contribution in [2.75, 3.05) is 0 Å². The van der Waals surface area contributed by atoms with E-state index in [1.807, 2.05) is 48.6 Å². The van der Waals surface area contributed by atoms with Crippen LogP contribution in [0.4, 0.5) is 0 Å². The molecule has 192 valence electrons. The number of pyridine rings is 2. The van der Waals surface area contributed by atoms with Crippen molar-refractivity contribution in [2.45, 2.75) is 26.9 Å². The van der Waals surface area contributed by atoms with Crippen molar-refractivity contribution < 1.29 is 9.13 Å². The molecule has 2 aromatic rings. The third-order valence-corrected chi connectivity index (χ3v) is 7.29. The molecule has 0 saturated carbocycles. The number of nitrogens with zero attached hydrogens (tertiary/aromatic N) is 6. The highest BCUT2D eigenvalue weighted by Gasteiger charge is 2.35. The fourth-order valence-corrected chi connectivity index (χ4v) is 5.43. The van der Waals surface area contributed by atoms with Gasteiger partial charge in [-0.25, -0.2) is 20.0 Å². The minimum Gasteiger partial charge on any atom is -0.249 e. The Morgan fingerprint density at radius 1 is 0.525 bits per heavy atom. The van der Waals surface area contributed by atoms with E-state index in [1.54, 1.807) is 0 Å². The van der Waals surface area contributed by atoms with E-state index in [0.717, 1.165) is 81.3 Å². The largest absolute Gasteiger partial charge is 0.249 e. The van der Waals surface area contributed by atoms with Crippen LogP contribution in [0.2, 0.25) is 0 Å². The van der Waals surface area contributed by atoms with E-state index >= 15 is 0 Å². The number of aromatic nitrogens is 2. The summed E-state index contributed by atoms with van der Waals surface area (Å²) < 4.78 is 4.54. The molecule has 2 aromatic heterocycles. The zero-order valence-electron chi connectivity index (χ0n) is 22.5. The molecule has 0 fully saturated rings. The molecule has 0 amide bonds. The van der Waals surface area contributed by atoms with Gasteiger partial charge in [-0.05, 0) is 86.7 Å². The van der Waals surface area contributed by atoms with E-state index in [0.29, 0.717) is 0 Å². The van der Waals surface area contributed by atoms with Gasteiger partial charge in [0.15, 0.2) is 12.4 Å². The van der Waals surface area contributed by atoms with Crippen molar-refractivity contribution in [3.05, 3.63) is 144 Å². The lowest BCUT2D eigenvalue weighted by Gasteiger charge is -2.09. The first-order valence-electron chi connectivity index (χ1n) is 13.7. The van der Waals surface area contributed by atoms with Crippen LogP contribution < -0.4 is 9.13 Å². The van der Waals surface area contributed by atoms with Crippen LogP contribution in [0.25, 0.3) is 11.1 Å². The standard InChI is InChI=1S/C34H28N6/c1-3-39-17-7-5-9-31(39)33-29-21-27-15-13-25(36-27)19-23-11-12-24(35-23)20-26-14-16-28(37-26)22-30(38-29)34(33)32-10-6-8-18-40(32)4-2/h5-22H,3-4H2,1-2H3/q+2. The highest BCUT2D eigenvalue weighted by atomic mass is 15.0. The molecule has 5 aliphatic rings. The summed E-state index contributed by atoms with van der Waals surface area (Å²) in [5.41, 5.74) is 11.3. The lowest BCUT2D eigenvalue weighted by Crippen LogP contribution is -2.38. The Balaban J connectivity index is 1.53. The number of hydrogen-bond donors (Lipinski definition) is 0. The lowest BCUT2D eigenvalue weighted by molar-refractivity contribution is -0.696. The molecular weight excluding hydrogens is 492 g/mol. The number of aryl methyl sites for hydroxylation is 2. The van der Waals surface area contributed by atoms with E-state index in [-0.39, 0.29) is 0 Å². The predicted octanol–water partition coefficient (Wildman–Crippen LogP) is 5.25. The molecule has 8 bridgehead atoms. The molecule has 7 rings (SSSR count). The number of rotatable bonds is 4. The van der Waals surface area contributed by atoms with Gasteiger partial charge in [0.2, 0.25) is 11.4 Å². The third kappa shape index (κ3) is 4.33. The van der Waals surface area contributed by atoms with Gasteiger partial charge in [0.1, 0.15) is 13.1 Å². The van der Waals surface area contributed by atoms with Crippen molar-refractivity contribution in [2.24, 2.45) is 20.0 Å². The molecule has 0 saturated heterocycles. The minimum absolute atomic E-state index is 0.841. The van der Waals surface area contributed by atoms with E-state index in [4.69, 9.17) is 20.0 Å². The number of aliphatic imine (C=N–C) groups is 4. The predicted molar refractivity (Wildman–Crippen MR) is 161 cm³/mol. The van der Waals surface area contributed by atoms with Crippen LogP contribution in [0.15, 0.2) is 152 Å². The van der Waals surface area contributed by atoms with Crippen molar-refractivity contribution in [3.8, 4) is 0 Å². The van der Waals surface area contributed by atoms with E-state index in [1.165, 1.54) is 0 Å². The zero-order chi connectivity index (χ0) is 27.1. The average molecular weight is 521 g/mol. The van der Waals surface area contributed by atoms with Crippen LogP contribution in [-0.4, -0.2) is 22.8 Å². The summed E-state index contributed by atoms with van der Waals surface area (Å²) in [7, 11) is 0. The Labute approximate surface area is 233 Å². The molecule has 0 atom stereocenters. The van der Waals surface area contributed by atoms with Gasteiger partial charge in [0.05, 0.1) is 56.8 Å². The van der Waals surface area contributed by atoms with Crippen molar-refractivity contribution in [1.82, 2.24) is 0 Å². The molecule has 6 nitrogen and oxygen atoms in total. The summed E-state index contributed by atoms with van der Waals surface area (Å²) >= 11 is 0. The van der Waals surface area contributed by atoms with Gasteiger partial charge >= 0.3 is 0 Å². The van der Waals surface area contributed by atoms with Crippen LogP contribution in [0, 0.1) is 0 Å². The summed E-state index contributed by atoms with van der Waals surface area (Å²) in [6.07, 6.45) is 24.6. The summed E-state index contributed by atoms with van der Waals surface area (Å²) in [5, 5.41) is 0. The first-order chi connectivity index (χ1) is 19.7. The van der Waals surface area contributed by atoms with Gasteiger partial charge in [-0.15, -0.1) is 0 Å². The molecule has 5 aliphatic heterocycles. The summed E-state index contributed by atoms with van der Waals surface area (Å²) in [6.45, 7) is 6.02. The molecule has 0 aliphatic carbocycles. The fraction of sp³-hybridized carbons (Fsp3) is 0.118. The molecule has 0 radical (unpaired) electrons. The van der Waals surface area contributed by atoms with Gasteiger partial charge in [0.25, 0.3) is 0 Å². The van der Waals surface area contributed by atoms with Crippen LogP contribution in [0.1, 0.15) is 25.2 Å². The minimum atomic E-state index is 0.841. The van der Waals surface area contributed by atoms with Crippen molar-refractivity contribution in [1.29, 1.82) is 0 Å². The van der Waals surface area contributed by atoms with E-state index in [2.05, 4.69) is 83.9 Å². The molecule has 0 aromatic carbocycles. The quantitative estimate of drug-likeness (QED) is 0.495. The Bertz CT molecular complexity index is 1840. The first kappa shape index (κ1) is 24.0. The average Bonchev–Trinajstić information content (AvgIpc) is 3.78. The maximum absolute atomic E-state index is 5.27. The normalized spacial score (nSPS) is 18.8. The lowest BCUT2D eigenvalue weighted by atomic mass is 9.95. The maximum Gasteiger partial charge on any atom is 0.215 e. The number of hydrogen-bond acceptors (Lipinski definition) is 4. The SMILES string of the molecule is CC[n+]1ccccc1C1=C(c2cccc[n+]2CC)C2=NC1=CC1=NC(=CC3=NC(=CC4=NC(=C2)C=C4)C=C3)C=C1. The topological polar surface area (TPSA) is 57.2 Å². The number of fused-ring (bicyclic) bond motifs is 4. The summed E-state index contributed by atoms with van der Waals surface area (Å²) in [5.74, 6) is 0. The Morgan fingerprint density at radius 3 is 1.57 bits per heavy atom. The second-order valence-corrected chi connectivity index (χ2v) is 9.84. The summed E-state index contributed by atoms with van der Waals surface area (Å²) in [6, 6.07) is 12.7. The van der Waals surface area contributed by atoms with Crippen molar-refractivity contribution >= 4 is 34.0 Å². The van der Waals surface area contributed by atoms with Gasteiger partial charge in [-0.3, -0.25) is 0 Å². The third-order valence-electron chi connectivity index (χ3n) is 7.29. The monoisotopic (exact) mass is 520 g/mol. The van der Waals surface area contributed by atoms with Gasteiger partial charge in [0, 0.05) is 24.3 Å². The first-order valence-corrected chi connectivity index (χ1v) is 13.7. The second kappa shape index (κ2) is 9.89. The van der Waals surface area contributed by atoms with Crippen LogP contribution >= 0.6 is 0 Å². The van der Waals surface area contributed by atoms with Crippen LogP contribution in [-0.2, 0) is 13.1 Å². The molecule has 0 unspecified atom stereocenters. The van der Waals surface area contributed by atoms with Crippen LogP contribution in [0.3, 0.4) is 0 Å². The van der Waals surface area contributed by atoms with Crippen LogP contribution in [0.5, 0.6) is 0 Å². The summed E-state index contributed by atoms with van der Waals surface area (Å²) in [4.78, 5) is 19.8. The molecule has 7 heterocycles. The number of allylic oxidation sites excluding steroid dienone is 12. The fourth-order valence-electron chi connectivity index (χ4n) is 5.43. The Kier molecular flexibility index (Phi) is 5.93. The Morgan fingerprint density at radius 2 is 1.02 bits per heavy atom. The molecule has 40 heavy (non-hydrogen) atoms. The molecule has 0 spiro atoms. The molecule has 6 heteroatoms. The maximum atomic E-state index is 5.27. The highest BCUT2D eigenvalue weighted by molar-refractivity contribution is 6.39. The van der Waals surface area contributed by atoms with E-state index in [9.17, 15) is 0 Å². The van der Waals surface area contributed by atoms with Gasteiger partial charge in [-0.1, -0.05) is 0 Å². The highest BCUT2D eigenvalue weighted by Crippen LogP contribution is 2.38. The zero-order valence-corrected chi connectivity index (χ0v) is 22.5.